The zero-order chi connectivity index (χ0) is 14.5. The third-order valence-corrected chi connectivity index (χ3v) is 2.02. The number of nitro groups is 2. The SMILES string of the molecule is O=[N+]([O-])c1ccc(C=[N+]=N/C=C2/C=C[C-]([N+](=O)[O-])O2)o1. The highest BCUT2D eigenvalue weighted by atomic mass is 16.7. The molecule has 0 bridgehead atoms. The number of furan rings is 1. The number of hydrogen-bond donors (Lipinski definition) is 0. The fraction of sp³-hybridized carbons (Fsp3) is 0. The van der Waals surface area contributed by atoms with Gasteiger partial charge in [-0.3, -0.25) is 20.2 Å². The fourth-order valence-electron chi connectivity index (χ4n) is 1.20. The molecule has 1 aliphatic rings. The van der Waals surface area contributed by atoms with Gasteiger partial charge in [0.2, 0.25) is 5.76 Å². The second-order valence-corrected chi connectivity index (χ2v) is 3.36. The van der Waals surface area contributed by atoms with E-state index in [1.54, 1.807) is 0 Å². The molecule has 0 spiro atoms. The van der Waals surface area contributed by atoms with Crippen LogP contribution in [0.25, 0.3) is 0 Å². The number of rotatable bonds is 4. The average Bonchev–Trinajstić information content (AvgIpc) is 3.04. The number of nitrogens with zero attached hydrogens (tertiary/aromatic N) is 4. The van der Waals surface area contributed by atoms with Crippen LogP contribution >= 0.6 is 0 Å². The lowest BCUT2D eigenvalue weighted by Crippen LogP contribution is -2.06. The molecule has 1 aromatic heterocycles. The van der Waals surface area contributed by atoms with Gasteiger partial charge in [0.1, 0.15) is 16.2 Å². The standard InChI is InChI=1S/C10H6N4O6/c15-13(16)9-3-1-7(19-9)5-11-12-6-8-2-4-10(20-8)14(17)18/h1-6H/b7-5-. The minimum atomic E-state index is -0.678. The molecule has 2 rings (SSSR count). The summed E-state index contributed by atoms with van der Waals surface area (Å²) in [5.74, 6) is -0.101. The van der Waals surface area contributed by atoms with E-state index in [0.29, 0.717) is 0 Å². The topological polar surface area (TPSA) is 135 Å². The summed E-state index contributed by atoms with van der Waals surface area (Å²) in [5.41, 5.74) is 0. The van der Waals surface area contributed by atoms with Crippen LogP contribution in [0.4, 0.5) is 5.88 Å². The predicted octanol–water partition coefficient (Wildman–Crippen LogP) is 1.46. The van der Waals surface area contributed by atoms with Crippen LogP contribution < -0.4 is 0 Å². The summed E-state index contributed by atoms with van der Waals surface area (Å²) in [6, 6.07) is 2.54. The van der Waals surface area contributed by atoms with Crippen LogP contribution in [-0.2, 0) is 4.74 Å². The zero-order valence-electron chi connectivity index (χ0n) is 9.70. The third-order valence-electron chi connectivity index (χ3n) is 2.02. The molecule has 0 aliphatic carbocycles. The van der Waals surface area contributed by atoms with Gasteiger partial charge in [-0.2, -0.15) is 6.08 Å². The van der Waals surface area contributed by atoms with Crippen molar-refractivity contribution in [1.29, 1.82) is 0 Å². The summed E-state index contributed by atoms with van der Waals surface area (Å²) in [7, 11) is 0. The molecule has 10 nitrogen and oxygen atoms in total. The summed E-state index contributed by atoms with van der Waals surface area (Å²) in [4.78, 5) is 22.9. The lowest BCUT2D eigenvalue weighted by Gasteiger charge is -2.06. The van der Waals surface area contributed by atoms with Gasteiger partial charge in [0, 0.05) is 4.92 Å². The second-order valence-electron chi connectivity index (χ2n) is 3.36. The molecule has 0 amide bonds. The maximum atomic E-state index is 10.4. The molecule has 102 valence electrons. The molecule has 20 heavy (non-hydrogen) atoms. The van der Waals surface area contributed by atoms with Crippen LogP contribution in [0.1, 0.15) is 5.76 Å². The van der Waals surface area contributed by atoms with Crippen molar-refractivity contribution in [2.75, 3.05) is 0 Å². The highest BCUT2D eigenvalue weighted by molar-refractivity contribution is 5.71. The summed E-state index contributed by atoms with van der Waals surface area (Å²) < 4.78 is 9.60. The lowest BCUT2D eigenvalue weighted by molar-refractivity contribution is -0.494. The van der Waals surface area contributed by atoms with Crippen molar-refractivity contribution in [2.45, 2.75) is 0 Å². The highest BCUT2D eigenvalue weighted by Crippen LogP contribution is 2.20. The van der Waals surface area contributed by atoms with Crippen molar-refractivity contribution in [3.05, 3.63) is 68.5 Å². The lowest BCUT2D eigenvalue weighted by atomic mass is 10.5. The van der Waals surface area contributed by atoms with E-state index in [-0.39, 0.29) is 11.5 Å². The van der Waals surface area contributed by atoms with Crippen molar-refractivity contribution in [1.82, 2.24) is 0 Å². The Balaban J connectivity index is 1.99. The predicted molar refractivity (Wildman–Crippen MR) is 61.8 cm³/mol. The quantitative estimate of drug-likeness (QED) is 0.204. The van der Waals surface area contributed by atoms with E-state index in [9.17, 15) is 20.2 Å². The first-order valence-electron chi connectivity index (χ1n) is 5.11. The summed E-state index contributed by atoms with van der Waals surface area (Å²) in [6.45, 7) is 0. The molecule has 0 saturated carbocycles. The van der Waals surface area contributed by atoms with E-state index in [0.717, 1.165) is 12.4 Å². The first kappa shape index (κ1) is 13.1. The van der Waals surface area contributed by atoms with Crippen LogP contribution in [0.3, 0.4) is 0 Å². The van der Waals surface area contributed by atoms with Gasteiger partial charge in [-0.15, -0.1) is 6.08 Å². The molecular weight excluding hydrogens is 272 g/mol. The molecule has 0 saturated heterocycles. The van der Waals surface area contributed by atoms with Gasteiger partial charge in [0.25, 0.3) is 6.23 Å². The Hall–Kier alpha value is -3.39. The Bertz CT molecular complexity index is 667. The van der Waals surface area contributed by atoms with Crippen molar-refractivity contribution < 1.29 is 23.8 Å². The van der Waals surface area contributed by atoms with Crippen LogP contribution in [0.2, 0.25) is 0 Å². The molecule has 1 aromatic rings. The number of allylic oxidation sites excluding steroid dienone is 1. The summed E-state index contributed by atoms with van der Waals surface area (Å²) >= 11 is 0. The van der Waals surface area contributed by atoms with E-state index in [1.165, 1.54) is 24.3 Å². The van der Waals surface area contributed by atoms with Crippen molar-refractivity contribution in [2.24, 2.45) is 5.11 Å². The van der Waals surface area contributed by atoms with Crippen molar-refractivity contribution in [3.8, 4) is 0 Å². The molecule has 0 N–H and O–H groups in total. The summed E-state index contributed by atoms with van der Waals surface area (Å²) in [5, 5.41) is 24.3. The molecule has 0 aromatic carbocycles. The molecule has 0 radical (unpaired) electrons. The number of ether oxygens (including phenoxy) is 1. The molecule has 0 fully saturated rings. The van der Waals surface area contributed by atoms with Crippen LogP contribution in [0.15, 0.2) is 45.8 Å². The number of hydrogen-bond acceptors (Lipinski definition) is 7. The minimum Gasteiger partial charge on any atom is -0.504 e. The van der Waals surface area contributed by atoms with E-state index in [4.69, 9.17) is 9.15 Å². The first-order valence-corrected chi connectivity index (χ1v) is 5.11. The van der Waals surface area contributed by atoms with E-state index in [2.05, 4.69) is 9.90 Å². The molecular formula is C10H6N4O6. The van der Waals surface area contributed by atoms with Gasteiger partial charge in [-0.05, 0) is 6.07 Å². The molecule has 10 heteroatoms. The van der Waals surface area contributed by atoms with Gasteiger partial charge < -0.3 is 9.15 Å². The van der Waals surface area contributed by atoms with Gasteiger partial charge in [-0.25, -0.2) is 0 Å². The molecule has 0 unspecified atom stereocenters. The fourth-order valence-corrected chi connectivity index (χ4v) is 1.20. The molecule has 2 heterocycles. The van der Waals surface area contributed by atoms with Gasteiger partial charge in [0.05, 0.1) is 16.6 Å². The highest BCUT2D eigenvalue weighted by Gasteiger charge is 2.15. The van der Waals surface area contributed by atoms with Crippen LogP contribution in [-0.4, -0.2) is 20.9 Å². The van der Waals surface area contributed by atoms with Crippen molar-refractivity contribution >= 4 is 12.1 Å². The Kier molecular flexibility index (Phi) is 3.59. The Morgan fingerprint density at radius 3 is 2.75 bits per heavy atom. The first-order chi connectivity index (χ1) is 9.56. The van der Waals surface area contributed by atoms with E-state index < -0.39 is 22.0 Å². The molecule has 0 atom stereocenters. The van der Waals surface area contributed by atoms with Gasteiger partial charge >= 0.3 is 12.1 Å². The molecule has 1 aliphatic heterocycles. The second kappa shape index (κ2) is 5.50. The Labute approximate surface area is 110 Å². The summed E-state index contributed by atoms with van der Waals surface area (Å²) in [6.07, 6.45) is 4.44. The van der Waals surface area contributed by atoms with Crippen molar-refractivity contribution in [3.63, 3.8) is 0 Å². The minimum absolute atomic E-state index is 0.152. The Morgan fingerprint density at radius 2 is 2.15 bits per heavy atom. The van der Waals surface area contributed by atoms with Crippen LogP contribution in [0, 0.1) is 26.5 Å². The van der Waals surface area contributed by atoms with E-state index in [1.807, 2.05) is 0 Å². The average molecular weight is 278 g/mol. The van der Waals surface area contributed by atoms with E-state index >= 15 is 0 Å². The van der Waals surface area contributed by atoms with Gasteiger partial charge in [0.15, 0.2) is 0 Å². The Morgan fingerprint density at radius 1 is 1.35 bits per heavy atom. The maximum absolute atomic E-state index is 10.4. The smallest absolute Gasteiger partial charge is 0.433 e. The third kappa shape index (κ3) is 3.09. The monoisotopic (exact) mass is 278 g/mol. The van der Waals surface area contributed by atoms with Gasteiger partial charge in [-0.1, -0.05) is 0 Å². The maximum Gasteiger partial charge on any atom is 0.433 e. The normalized spacial score (nSPS) is 14.8. The zero-order valence-corrected chi connectivity index (χ0v) is 9.70. The van der Waals surface area contributed by atoms with Crippen LogP contribution in [0.5, 0.6) is 0 Å². The largest absolute Gasteiger partial charge is 0.504 e.